The van der Waals surface area contributed by atoms with Gasteiger partial charge in [-0.25, -0.2) is 0 Å². The lowest BCUT2D eigenvalue weighted by atomic mass is 10.0. The van der Waals surface area contributed by atoms with Gasteiger partial charge in [0.2, 0.25) is 0 Å². The quantitative estimate of drug-likeness (QED) is 0.546. The molecule has 0 amide bonds. The molecule has 1 aromatic carbocycles. The Morgan fingerprint density at radius 2 is 1.57 bits per heavy atom. The lowest BCUT2D eigenvalue weighted by Crippen LogP contribution is -2.01. The number of methoxy groups -OCH3 is 3. The first-order valence-electron chi connectivity index (χ1n) is 5.90. The maximum Gasteiger partial charge on any atom is 0.131 e. The first kappa shape index (κ1) is 16.9. The number of ether oxygens (including phenoxy) is 3. The summed E-state index contributed by atoms with van der Waals surface area (Å²) in [5.41, 5.74) is 1.73. The third-order valence-electron chi connectivity index (χ3n) is 2.96. The molecular weight excluding hydrogens is 443 g/mol. The molecule has 1 unspecified atom stereocenters. The van der Waals surface area contributed by atoms with E-state index in [-0.39, 0.29) is 0 Å². The Labute approximate surface area is 149 Å². The summed E-state index contributed by atoms with van der Waals surface area (Å²) in [7, 11) is 4.79. The van der Waals surface area contributed by atoms with Crippen LogP contribution in [0.15, 0.2) is 25.8 Å². The molecule has 0 aliphatic carbocycles. The van der Waals surface area contributed by atoms with E-state index in [9.17, 15) is 0 Å². The van der Waals surface area contributed by atoms with E-state index in [2.05, 4.69) is 31.9 Å². The Morgan fingerprint density at radius 1 is 1.00 bits per heavy atom. The molecule has 0 radical (unpaired) electrons. The Hall–Kier alpha value is -0.430. The van der Waals surface area contributed by atoms with Crippen molar-refractivity contribution >= 4 is 54.8 Å². The van der Waals surface area contributed by atoms with Crippen LogP contribution < -0.4 is 14.2 Å². The molecular formula is C14H13Br2ClO3S. The normalized spacial score (nSPS) is 12.1. The molecule has 1 heterocycles. The van der Waals surface area contributed by atoms with Crippen LogP contribution in [0.5, 0.6) is 17.2 Å². The van der Waals surface area contributed by atoms with Gasteiger partial charge in [0.25, 0.3) is 0 Å². The van der Waals surface area contributed by atoms with Gasteiger partial charge in [0.15, 0.2) is 0 Å². The van der Waals surface area contributed by atoms with Crippen molar-refractivity contribution in [1.29, 1.82) is 0 Å². The maximum atomic E-state index is 6.67. The molecule has 21 heavy (non-hydrogen) atoms. The second-order valence-corrected chi connectivity index (χ2v) is 8.27. The molecule has 0 saturated heterocycles. The van der Waals surface area contributed by atoms with Gasteiger partial charge < -0.3 is 14.2 Å². The maximum absolute atomic E-state index is 6.67. The van der Waals surface area contributed by atoms with E-state index < -0.39 is 5.38 Å². The Balaban J connectivity index is 2.58. The Kier molecular flexibility index (Phi) is 5.82. The molecule has 0 bridgehead atoms. The molecule has 0 saturated carbocycles. The zero-order chi connectivity index (χ0) is 15.6. The fraction of sp³-hybridized carbons (Fsp3) is 0.286. The molecule has 3 nitrogen and oxygen atoms in total. The summed E-state index contributed by atoms with van der Waals surface area (Å²) >= 11 is 15.2. The average molecular weight is 457 g/mol. The molecule has 114 valence electrons. The summed E-state index contributed by atoms with van der Waals surface area (Å²) < 4.78 is 18.1. The Bertz CT molecular complexity index is 620. The van der Waals surface area contributed by atoms with E-state index in [1.54, 1.807) is 44.8 Å². The summed E-state index contributed by atoms with van der Waals surface area (Å²) in [4.78, 5) is 0. The van der Waals surface area contributed by atoms with E-state index in [0.29, 0.717) is 17.2 Å². The molecule has 0 fully saturated rings. The Morgan fingerprint density at radius 3 is 1.95 bits per heavy atom. The van der Waals surface area contributed by atoms with Crippen LogP contribution in [0.25, 0.3) is 0 Å². The lowest BCUT2D eigenvalue weighted by molar-refractivity contribution is 0.369. The first-order valence-corrected chi connectivity index (χ1v) is 8.74. The van der Waals surface area contributed by atoms with Crippen molar-refractivity contribution in [2.45, 2.75) is 5.38 Å². The zero-order valence-electron chi connectivity index (χ0n) is 11.6. The first-order chi connectivity index (χ1) is 10.0. The number of benzene rings is 1. The summed E-state index contributed by atoms with van der Waals surface area (Å²) in [5, 5.41) is -0.405. The minimum absolute atomic E-state index is 0.405. The van der Waals surface area contributed by atoms with Crippen molar-refractivity contribution in [3.05, 3.63) is 36.9 Å². The van der Waals surface area contributed by atoms with Gasteiger partial charge in [-0.05, 0) is 37.9 Å². The van der Waals surface area contributed by atoms with Crippen LogP contribution in [0.2, 0.25) is 0 Å². The summed E-state index contributed by atoms with van der Waals surface area (Å²) in [6, 6.07) is 5.57. The van der Waals surface area contributed by atoms with Gasteiger partial charge in [0.05, 0.1) is 39.8 Å². The largest absolute Gasteiger partial charge is 0.496 e. The SMILES string of the molecule is COc1cc(OC)c(C(Cl)c2cc(Br)sc2Br)c(OC)c1. The van der Waals surface area contributed by atoms with Crippen LogP contribution in [-0.4, -0.2) is 21.3 Å². The van der Waals surface area contributed by atoms with Crippen molar-refractivity contribution in [2.75, 3.05) is 21.3 Å². The minimum atomic E-state index is -0.405. The second kappa shape index (κ2) is 7.22. The standard InChI is InChI=1S/C14H13Br2ClO3S/c1-18-7-4-9(19-2)12(10(5-7)20-3)13(17)8-6-11(15)21-14(8)16/h4-6,13H,1-3H3. The molecule has 1 aromatic heterocycles. The molecule has 2 aromatic rings. The van der Waals surface area contributed by atoms with Gasteiger partial charge in [0.1, 0.15) is 17.2 Å². The number of thiophene rings is 1. The third-order valence-corrected chi connectivity index (χ3v) is 5.80. The average Bonchev–Trinajstić information content (AvgIpc) is 2.83. The van der Waals surface area contributed by atoms with E-state index in [0.717, 1.165) is 18.7 Å². The van der Waals surface area contributed by atoms with Crippen molar-refractivity contribution in [1.82, 2.24) is 0 Å². The molecule has 0 aliphatic heterocycles. The molecule has 0 N–H and O–H groups in total. The van der Waals surface area contributed by atoms with Crippen LogP contribution in [-0.2, 0) is 0 Å². The highest BCUT2D eigenvalue weighted by atomic mass is 79.9. The molecule has 1 atom stereocenters. The van der Waals surface area contributed by atoms with Gasteiger partial charge in [0, 0.05) is 17.7 Å². The molecule has 2 rings (SSSR count). The molecule has 0 spiro atoms. The molecule has 0 aliphatic rings. The highest BCUT2D eigenvalue weighted by molar-refractivity contribution is 9.12. The van der Waals surface area contributed by atoms with Gasteiger partial charge in [-0.1, -0.05) is 0 Å². The highest BCUT2D eigenvalue weighted by Gasteiger charge is 2.25. The van der Waals surface area contributed by atoms with Gasteiger partial charge in [-0.3, -0.25) is 0 Å². The van der Waals surface area contributed by atoms with Crippen molar-refractivity contribution in [3.8, 4) is 17.2 Å². The predicted octanol–water partition coefficient (Wildman–Crippen LogP) is 5.63. The number of hydrogen-bond donors (Lipinski definition) is 0. The fourth-order valence-corrected chi connectivity index (χ4v) is 5.45. The summed E-state index contributed by atoms with van der Waals surface area (Å²) in [6.45, 7) is 0. The van der Waals surface area contributed by atoms with Gasteiger partial charge in [-0.2, -0.15) is 0 Å². The monoisotopic (exact) mass is 454 g/mol. The second-order valence-electron chi connectivity index (χ2n) is 4.09. The third kappa shape index (κ3) is 3.50. The van der Waals surface area contributed by atoms with Crippen LogP contribution in [0.3, 0.4) is 0 Å². The van der Waals surface area contributed by atoms with Crippen LogP contribution in [0, 0.1) is 0 Å². The smallest absolute Gasteiger partial charge is 0.131 e. The lowest BCUT2D eigenvalue weighted by Gasteiger charge is -2.18. The van der Waals surface area contributed by atoms with Crippen LogP contribution in [0.1, 0.15) is 16.5 Å². The van der Waals surface area contributed by atoms with Gasteiger partial charge in [-0.15, -0.1) is 22.9 Å². The minimum Gasteiger partial charge on any atom is -0.496 e. The summed E-state index contributed by atoms with van der Waals surface area (Å²) in [5.74, 6) is 1.91. The van der Waals surface area contributed by atoms with Crippen LogP contribution in [0.4, 0.5) is 0 Å². The van der Waals surface area contributed by atoms with E-state index >= 15 is 0 Å². The number of halogens is 3. The molecule has 7 heteroatoms. The summed E-state index contributed by atoms with van der Waals surface area (Å²) in [6.07, 6.45) is 0. The number of rotatable bonds is 5. The highest BCUT2D eigenvalue weighted by Crippen LogP contribution is 2.47. The van der Waals surface area contributed by atoms with Crippen LogP contribution >= 0.6 is 54.8 Å². The van der Waals surface area contributed by atoms with E-state index in [1.165, 1.54) is 0 Å². The van der Waals surface area contributed by atoms with Crippen molar-refractivity contribution in [3.63, 3.8) is 0 Å². The number of hydrogen-bond acceptors (Lipinski definition) is 4. The van der Waals surface area contributed by atoms with Crippen molar-refractivity contribution in [2.24, 2.45) is 0 Å². The van der Waals surface area contributed by atoms with E-state index in [1.807, 2.05) is 6.07 Å². The fourth-order valence-electron chi connectivity index (χ4n) is 1.96. The number of alkyl halides is 1. The topological polar surface area (TPSA) is 27.7 Å². The predicted molar refractivity (Wildman–Crippen MR) is 93.5 cm³/mol. The zero-order valence-corrected chi connectivity index (χ0v) is 16.3. The van der Waals surface area contributed by atoms with E-state index in [4.69, 9.17) is 25.8 Å². The van der Waals surface area contributed by atoms with Crippen molar-refractivity contribution < 1.29 is 14.2 Å². The van der Waals surface area contributed by atoms with Gasteiger partial charge >= 0.3 is 0 Å².